The van der Waals surface area contributed by atoms with Crippen LogP contribution in [-0.2, 0) is 4.74 Å². The summed E-state index contributed by atoms with van der Waals surface area (Å²) in [5, 5.41) is 6.40. The molecule has 7 nitrogen and oxygen atoms in total. The molecule has 0 amide bonds. The maximum Gasteiger partial charge on any atom is 0.232 e. The third-order valence-electron chi connectivity index (χ3n) is 2.84. The third-order valence-corrected chi connectivity index (χ3v) is 3.45. The van der Waals surface area contributed by atoms with Gasteiger partial charge in [0.1, 0.15) is 0 Å². The Morgan fingerprint density at radius 1 is 1.15 bits per heavy atom. The summed E-state index contributed by atoms with van der Waals surface area (Å²) < 4.78 is 5.36. The lowest BCUT2D eigenvalue weighted by molar-refractivity contribution is 0.122. The number of nitrogens with zero attached hydrogens (tertiary/aromatic N) is 4. The highest BCUT2D eigenvalue weighted by molar-refractivity contribution is 7.98. The van der Waals surface area contributed by atoms with Crippen molar-refractivity contribution in [3.63, 3.8) is 0 Å². The molecule has 0 aliphatic carbocycles. The number of aromatic nitrogens is 3. The van der Waals surface area contributed by atoms with E-state index in [1.807, 2.05) is 6.92 Å². The van der Waals surface area contributed by atoms with E-state index in [4.69, 9.17) is 4.74 Å². The summed E-state index contributed by atoms with van der Waals surface area (Å²) in [6.45, 7) is 6.74. The third kappa shape index (κ3) is 4.38. The molecule has 2 N–H and O–H groups in total. The lowest BCUT2D eigenvalue weighted by atomic mass is 10.4. The van der Waals surface area contributed by atoms with Gasteiger partial charge in [-0.2, -0.15) is 26.7 Å². The van der Waals surface area contributed by atoms with Crippen molar-refractivity contribution in [1.82, 2.24) is 15.0 Å². The number of thioether (sulfide) groups is 1. The average Bonchev–Trinajstić information content (AvgIpc) is 2.49. The van der Waals surface area contributed by atoms with Crippen LogP contribution in [0.25, 0.3) is 0 Å². The molecule has 0 spiro atoms. The molecule has 1 aliphatic heterocycles. The van der Waals surface area contributed by atoms with Crippen LogP contribution in [0, 0.1) is 0 Å². The number of ether oxygens (including phenoxy) is 1. The van der Waals surface area contributed by atoms with Crippen LogP contribution >= 0.6 is 11.8 Å². The van der Waals surface area contributed by atoms with Crippen LogP contribution in [0.4, 0.5) is 17.8 Å². The first-order valence-electron chi connectivity index (χ1n) is 6.89. The van der Waals surface area contributed by atoms with Gasteiger partial charge in [0.15, 0.2) is 0 Å². The molecule has 0 aromatic carbocycles. The molecule has 1 aliphatic rings. The van der Waals surface area contributed by atoms with Crippen molar-refractivity contribution < 1.29 is 4.74 Å². The molecule has 0 atom stereocenters. The van der Waals surface area contributed by atoms with Gasteiger partial charge in [0.25, 0.3) is 0 Å². The zero-order valence-electron chi connectivity index (χ0n) is 12.1. The minimum absolute atomic E-state index is 0.621. The Bertz CT molecular complexity index is 413. The quantitative estimate of drug-likeness (QED) is 0.720. The highest BCUT2D eigenvalue weighted by Crippen LogP contribution is 2.15. The summed E-state index contributed by atoms with van der Waals surface area (Å²) in [7, 11) is 0. The van der Waals surface area contributed by atoms with Crippen LogP contribution in [-0.4, -0.2) is 66.4 Å². The van der Waals surface area contributed by atoms with Crippen molar-refractivity contribution in [2.75, 3.05) is 66.9 Å². The van der Waals surface area contributed by atoms with Crippen molar-refractivity contribution in [1.29, 1.82) is 0 Å². The van der Waals surface area contributed by atoms with E-state index in [9.17, 15) is 0 Å². The average molecular weight is 298 g/mol. The molecular formula is C12H22N6OS. The second-order valence-corrected chi connectivity index (χ2v) is 5.32. The Morgan fingerprint density at radius 2 is 1.85 bits per heavy atom. The van der Waals surface area contributed by atoms with E-state index >= 15 is 0 Å². The lowest BCUT2D eigenvalue weighted by Gasteiger charge is -2.27. The minimum atomic E-state index is 0.621. The van der Waals surface area contributed by atoms with Gasteiger partial charge in [0.05, 0.1) is 13.2 Å². The van der Waals surface area contributed by atoms with Gasteiger partial charge in [0.2, 0.25) is 17.8 Å². The van der Waals surface area contributed by atoms with Crippen LogP contribution < -0.4 is 15.5 Å². The summed E-state index contributed by atoms with van der Waals surface area (Å²) in [6.07, 6.45) is 2.08. The van der Waals surface area contributed by atoms with Crippen molar-refractivity contribution >= 4 is 29.6 Å². The molecule has 0 unspecified atom stereocenters. The summed E-state index contributed by atoms with van der Waals surface area (Å²) in [6, 6.07) is 0. The highest BCUT2D eigenvalue weighted by Gasteiger charge is 2.16. The Morgan fingerprint density at radius 3 is 2.50 bits per heavy atom. The Labute approximate surface area is 123 Å². The predicted molar refractivity (Wildman–Crippen MR) is 83.9 cm³/mol. The topological polar surface area (TPSA) is 75.2 Å². The van der Waals surface area contributed by atoms with E-state index in [-0.39, 0.29) is 0 Å². The fourth-order valence-corrected chi connectivity index (χ4v) is 2.16. The highest BCUT2D eigenvalue weighted by atomic mass is 32.2. The second kappa shape index (κ2) is 8.11. The standard InChI is InChI=1S/C12H22N6OS/c1-3-13-10-15-11(14-4-9-20-2)17-12(16-10)18-5-7-19-8-6-18/h3-9H2,1-2H3,(H2,13,14,15,16,17). The van der Waals surface area contributed by atoms with Gasteiger partial charge in [-0.25, -0.2) is 0 Å². The van der Waals surface area contributed by atoms with E-state index in [0.717, 1.165) is 45.1 Å². The molecule has 1 aromatic heterocycles. The number of nitrogens with one attached hydrogen (secondary N) is 2. The first-order valence-corrected chi connectivity index (χ1v) is 8.28. The fourth-order valence-electron chi connectivity index (χ4n) is 1.85. The lowest BCUT2D eigenvalue weighted by Crippen LogP contribution is -2.37. The first-order chi connectivity index (χ1) is 9.83. The first kappa shape index (κ1) is 15.1. The SMILES string of the molecule is CCNc1nc(NCCSC)nc(N2CCOCC2)n1. The number of hydrogen-bond donors (Lipinski definition) is 2. The number of anilines is 3. The molecule has 8 heteroatoms. The van der Waals surface area contributed by atoms with Crippen molar-refractivity contribution in [2.24, 2.45) is 0 Å². The van der Waals surface area contributed by atoms with E-state index < -0.39 is 0 Å². The predicted octanol–water partition coefficient (Wildman–Crippen LogP) is 0.915. The molecule has 0 radical (unpaired) electrons. The normalized spacial score (nSPS) is 15.2. The van der Waals surface area contributed by atoms with Crippen LogP contribution in [0.5, 0.6) is 0 Å². The van der Waals surface area contributed by atoms with E-state index in [1.165, 1.54) is 0 Å². The smallest absolute Gasteiger partial charge is 0.232 e. The van der Waals surface area contributed by atoms with Gasteiger partial charge < -0.3 is 20.3 Å². The molecule has 1 fully saturated rings. The molecule has 112 valence electrons. The van der Waals surface area contributed by atoms with Crippen LogP contribution in [0.1, 0.15) is 6.92 Å². The van der Waals surface area contributed by atoms with E-state index in [1.54, 1.807) is 11.8 Å². The largest absolute Gasteiger partial charge is 0.378 e. The molecule has 1 saturated heterocycles. The number of rotatable bonds is 7. The van der Waals surface area contributed by atoms with Crippen molar-refractivity contribution in [3.8, 4) is 0 Å². The molecule has 2 rings (SSSR count). The molecule has 0 saturated carbocycles. The van der Waals surface area contributed by atoms with Crippen LogP contribution in [0.3, 0.4) is 0 Å². The van der Waals surface area contributed by atoms with Crippen LogP contribution in [0.2, 0.25) is 0 Å². The maximum atomic E-state index is 5.36. The van der Waals surface area contributed by atoms with E-state index in [2.05, 4.69) is 36.7 Å². The maximum absolute atomic E-state index is 5.36. The Hall–Kier alpha value is -1.28. The van der Waals surface area contributed by atoms with Gasteiger partial charge in [0, 0.05) is 31.9 Å². The molecule has 20 heavy (non-hydrogen) atoms. The molecule has 2 heterocycles. The van der Waals surface area contributed by atoms with Gasteiger partial charge in [-0.3, -0.25) is 0 Å². The summed E-state index contributed by atoms with van der Waals surface area (Å²) >= 11 is 1.79. The van der Waals surface area contributed by atoms with Gasteiger partial charge >= 0.3 is 0 Å². The van der Waals surface area contributed by atoms with Gasteiger partial charge in [-0.05, 0) is 13.2 Å². The van der Waals surface area contributed by atoms with Crippen molar-refractivity contribution in [3.05, 3.63) is 0 Å². The zero-order chi connectivity index (χ0) is 14.2. The number of morpholine rings is 1. The monoisotopic (exact) mass is 298 g/mol. The molecule has 0 bridgehead atoms. The Balaban J connectivity index is 2.11. The molecule has 1 aromatic rings. The number of hydrogen-bond acceptors (Lipinski definition) is 8. The summed E-state index contributed by atoms with van der Waals surface area (Å²) in [5.74, 6) is 2.99. The van der Waals surface area contributed by atoms with Gasteiger partial charge in [-0.1, -0.05) is 0 Å². The summed E-state index contributed by atoms with van der Waals surface area (Å²) in [4.78, 5) is 15.5. The zero-order valence-corrected chi connectivity index (χ0v) is 12.9. The van der Waals surface area contributed by atoms with E-state index in [0.29, 0.717) is 17.8 Å². The molecular weight excluding hydrogens is 276 g/mol. The fraction of sp³-hybridized carbons (Fsp3) is 0.750. The van der Waals surface area contributed by atoms with Crippen molar-refractivity contribution in [2.45, 2.75) is 6.92 Å². The minimum Gasteiger partial charge on any atom is -0.378 e. The second-order valence-electron chi connectivity index (χ2n) is 4.33. The summed E-state index contributed by atoms with van der Waals surface area (Å²) in [5.41, 5.74) is 0. The van der Waals surface area contributed by atoms with Gasteiger partial charge in [-0.15, -0.1) is 0 Å². The Kier molecular flexibility index (Phi) is 6.13. The van der Waals surface area contributed by atoms with Crippen LogP contribution in [0.15, 0.2) is 0 Å².